The number of nitrogens with two attached hydrogens (primary N) is 2. The second kappa shape index (κ2) is 10.2. The second-order valence-electron chi connectivity index (χ2n) is 6.33. The highest BCUT2D eigenvalue weighted by Crippen LogP contribution is 2.36. The Balaban J connectivity index is 1.87. The summed E-state index contributed by atoms with van der Waals surface area (Å²) in [5.41, 5.74) is 4.16. The summed E-state index contributed by atoms with van der Waals surface area (Å²) in [5, 5.41) is 8.05. The van der Waals surface area contributed by atoms with Gasteiger partial charge in [-0.25, -0.2) is 20.2 Å². The van der Waals surface area contributed by atoms with Crippen molar-refractivity contribution in [2.24, 2.45) is 16.8 Å². The zero-order chi connectivity index (χ0) is 21.5. The quantitative estimate of drug-likeness (QED) is 0.138. The van der Waals surface area contributed by atoms with E-state index in [1.54, 1.807) is 24.4 Å². The van der Waals surface area contributed by atoms with E-state index in [9.17, 15) is 4.39 Å². The van der Waals surface area contributed by atoms with Crippen LogP contribution in [0.15, 0.2) is 54.0 Å². The number of nitrogens with one attached hydrogen (secondary N) is 2. The van der Waals surface area contributed by atoms with Crippen molar-refractivity contribution in [2.75, 3.05) is 5.32 Å². The average molecular weight is 448 g/mol. The molecule has 3 rings (SSSR count). The number of halogens is 3. The van der Waals surface area contributed by atoms with Gasteiger partial charge in [-0.15, -0.1) is 0 Å². The molecule has 0 saturated carbocycles. The van der Waals surface area contributed by atoms with Crippen LogP contribution < -0.4 is 22.4 Å². The lowest BCUT2D eigenvalue weighted by atomic mass is 10.0. The van der Waals surface area contributed by atoms with Crippen LogP contribution in [0.5, 0.6) is 0 Å². The molecular formula is C20H20Cl2FN7. The predicted octanol–water partition coefficient (Wildman–Crippen LogP) is 4.57. The highest BCUT2D eigenvalue weighted by molar-refractivity contribution is 6.42. The minimum Gasteiger partial charge on any atom is -0.346 e. The fourth-order valence-electron chi connectivity index (χ4n) is 2.94. The molecule has 7 nitrogen and oxygen atoms in total. The number of anilines is 1. The first kappa shape index (κ1) is 21.8. The van der Waals surface area contributed by atoms with E-state index in [0.29, 0.717) is 33.5 Å². The van der Waals surface area contributed by atoms with Crippen LogP contribution in [0.25, 0.3) is 22.0 Å². The molecule has 0 atom stereocenters. The van der Waals surface area contributed by atoms with Crippen molar-refractivity contribution in [2.45, 2.75) is 19.3 Å². The van der Waals surface area contributed by atoms with Gasteiger partial charge in [0, 0.05) is 6.42 Å². The number of hydrogen-bond donors (Lipinski definition) is 4. The van der Waals surface area contributed by atoms with Gasteiger partial charge in [0.2, 0.25) is 0 Å². The number of hydrazone groups is 1. The Morgan fingerprint density at radius 2 is 2.00 bits per heavy atom. The molecule has 0 bridgehead atoms. The summed E-state index contributed by atoms with van der Waals surface area (Å²) >= 11 is 12.2. The summed E-state index contributed by atoms with van der Waals surface area (Å²) in [6.07, 6.45) is 7.17. The zero-order valence-corrected chi connectivity index (χ0v) is 17.4. The number of unbranched alkanes of at least 4 members (excludes halogenated alkanes) is 1. The Morgan fingerprint density at radius 3 is 2.73 bits per heavy atom. The smallest absolute Gasteiger partial charge is 0.149 e. The largest absolute Gasteiger partial charge is 0.346 e. The molecule has 3 aromatic rings. The van der Waals surface area contributed by atoms with Crippen molar-refractivity contribution in [3.63, 3.8) is 0 Å². The number of allylic oxidation sites excluding steroid dienone is 1. The number of aromatic nitrogens is 2. The molecule has 0 amide bonds. The van der Waals surface area contributed by atoms with Crippen LogP contribution in [0.1, 0.15) is 19.3 Å². The number of rotatable bonds is 7. The minimum absolute atomic E-state index is 0.210. The summed E-state index contributed by atoms with van der Waals surface area (Å²) in [7, 11) is 0. The molecule has 0 aliphatic heterocycles. The van der Waals surface area contributed by atoms with Crippen LogP contribution >= 0.6 is 23.2 Å². The van der Waals surface area contributed by atoms with E-state index in [4.69, 9.17) is 34.9 Å². The molecule has 156 valence electrons. The van der Waals surface area contributed by atoms with Gasteiger partial charge in [0.05, 0.1) is 15.4 Å². The van der Waals surface area contributed by atoms with Gasteiger partial charge >= 0.3 is 0 Å². The van der Waals surface area contributed by atoms with Crippen molar-refractivity contribution < 1.29 is 4.39 Å². The first-order valence-corrected chi connectivity index (χ1v) is 9.84. The van der Waals surface area contributed by atoms with E-state index in [1.807, 2.05) is 12.1 Å². The van der Waals surface area contributed by atoms with Gasteiger partial charge in [-0.05, 0) is 48.4 Å². The molecule has 1 heterocycles. The van der Waals surface area contributed by atoms with E-state index in [2.05, 4.69) is 25.8 Å². The summed E-state index contributed by atoms with van der Waals surface area (Å²) in [6.45, 7) is 0. The number of hydrogen-bond acceptors (Lipinski definition) is 6. The van der Waals surface area contributed by atoms with Gasteiger partial charge in [0.1, 0.15) is 29.3 Å². The Labute approximate surface area is 182 Å². The molecule has 10 heteroatoms. The molecule has 1 aromatic heterocycles. The maximum absolute atomic E-state index is 14.4. The van der Waals surface area contributed by atoms with Crippen LogP contribution in [-0.4, -0.2) is 15.8 Å². The molecule has 30 heavy (non-hydrogen) atoms. The van der Waals surface area contributed by atoms with Gasteiger partial charge in [0.15, 0.2) is 0 Å². The third-order valence-electron chi connectivity index (χ3n) is 4.41. The molecule has 0 aliphatic rings. The molecule has 0 radical (unpaired) electrons. The number of fused-ring (bicyclic) bond motifs is 1. The number of nitrogens with zero attached hydrogens (tertiary/aromatic N) is 3. The first-order valence-electron chi connectivity index (χ1n) is 9.08. The number of benzene rings is 2. The fourth-order valence-corrected chi connectivity index (χ4v) is 3.23. The average Bonchev–Trinajstić information content (AvgIpc) is 2.76. The Hall–Kier alpha value is -2.94. The van der Waals surface area contributed by atoms with Crippen molar-refractivity contribution in [1.82, 2.24) is 15.4 Å². The van der Waals surface area contributed by atoms with Crippen LogP contribution in [0, 0.1) is 5.82 Å². The topological polar surface area (TPSA) is 114 Å². The van der Waals surface area contributed by atoms with Crippen molar-refractivity contribution in [1.29, 1.82) is 0 Å². The van der Waals surface area contributed by atoms with Crippen LogP contribution in [0.2, 0.25) is 10.0 Å². The van der Waals surface area contributed by atoms with Crippen molar-refractivity contribution >= 4 is 45.8 Å². The first-order chi connectivity index (χ1) is 14.5. The third-order valence-corrected chi connectivity index (χ3v) is 5.15. The van der Waals surface area contributed by atoms with Crippen molar-refractivity contribution in [3.05, 3.63) is 64.8 Å². The molecule has 0 aliphatic carbocycles. The van der Waals surface area contributed by atoms with Crippen LogP contribution in [0.4, 0.5) is 10.2 Å². The highest BCUT2D eigenvalue weighted by atomic mass is 35.5. The Bertz CT molecular complexity index is 1100. The van der Waals surface area contributed by atoms with E-state index >= 15 is 0 Å². The lowest BCUT2D eigenvalue weighted by Crippen LogP contribution is -2.31. The number of hydrazine groups is 1. The fraction of sp³-hybridized carbons (Fsp3) is 0.150. The molecular weight excluding hydrogens is 428 g/mol. The molecule has 0 unspecified atom stereocenters. The third kappa shape index (κ3) is 4.96. The van der Waals surface area contributed by atoms with E-state index in [1.165, 1.54) is 12.4 Å². The standard InChI is InChI=1S/C20H20Cl2FN7/c21-14-7-5-12(10-15(14)22)13-6-8-16(23)19-18(13)20(28-11-27-19)26-9-3-1-2-4-17(29-24)30-25/h3,5-11H,1-2,4,24-25H2,(H,29,30)(H,26,27,28)/b9-3+. The molecule has 0 saturated heterocycles. The summed E-state index contributed by atoms with van der Waals surface area (Å²) in [6, 6.07) is 8.28. The number of amidine groups is 1. The van der Waals surface area contributed by atoms with Gasteiger partial charge in [-0.1, -0.05) is 41.4 Å². The maximum Gasteiger partial charge on any atom is 0.149 e. The van der Waals surface area contributed by atoms with E-state index in [-0.39, 0.29) is 5.52 Å². The molecule has 6 N–H and O–H groups in total. The second-order valence-corrected chi connectivity index (χ2v) is 7.14. The van der Waals surface area contributed by atoms with Crippen molar-refractivity contribution in [3.8, 4) is 11.1 Å². The Morgan fingerprint density at radius 1 is 1.17 bits per heavy atom. The van der Waals surface area contributed by atoms with Gasteiger partial charge in [0.25, 0.3) is 0 Å². The highest BCUT2D eigenvalue weighted by Gasteiger charge is 2.14. The molecule has 2 aromatic carbocycles. The molecule has 0 fully saturated rings. The van der Waals surface area contributed by atoms with E-state index in [0.717, 1.165) is 24.0 Å². The van der Waals surface area contributed by atoms with Crippen LogP contribution in [0.3, 0.4) is 0 Å². The maximum atomic E-state index is 14.4. The SMILES string of the molecule is N/N=C(/CCC/C=C/Nc1ncnc2c(F)ccc(-c3ccc(Cl)c(Cl)c3)c12)NN. The molecule has 0 spiro atoms. The zero-order valence-electron chi connectivity index (χ0n) is 15.9. The lowest BCUT2D eigenvalue weighted by molar-refractivity contribution is 0.636. The lowest BCUT2D eigenvalue weighted by Gasteiger charge is -2.12. The van der Waals surface area contributed by atoms with Gasteiger partial charge in [-0.2, -0.15) is 5.10 Å². The monoisotopic (exact) mass is 447 g/mol. The van der Waals surface area contributed by atoms with Gasteiger partial charge < -0.3 is 16.6 Å². The Kier molecular flexibility index (Phi) is 7.40. The van der Waals surface area contributed by atoms with Crippen LogP contribution in [-0.2, 0) is 0 Å². The van der Waals surface area contributed by atoms with E-state index < -0.39 is 5.82 Å². The van der Waals surface area contributed by atoms with Gasteiger partial charge in [-0.3, -0.25) is 0 Å². The summed E-state index contributed by atoms with van der Waals surface area (Å²) in [4.78, 5) is 8.40. The predicted molar refractivity (Wildman–Crippen MR) is 121 cm³/mol. The summed E-state index contributed by atoms with van der Waals surface area (Å²) in [5.74, 6) is 11.1. The minimum atomic E-state index is -0.439. The summed E-state index contributed by atoms with van der Waals surface area (Å²) < 4.78 is 14.4. The normalized spacial score (nSPS) is 11.9.